The van der Waals surface area contributed by atoms with Crippen molar-refractivity contribution in [2.24, 2.45) is 0 Å². The van der Waals surface area contributed by atoms with Gasteiger partial charge in [-0.25, -0.2) is 5.73 Å². The quantitative estimate of drug-likeness (QED) is 0.159. The van der Waals surface area contributed by atoms with Crippen LogP contribution in [0.3, 0.4) is 0 Å². The van der Waals surface area contributed by atoms with Gasteiger partial charge in [-0.3, -0.25) is 11.5 Å². The normalized spacial score (nSPS) is 13.4. The maximum Gasteiger partial charge on any atom is 2.00 e. The molecule has 2 heterocycles. The largest absolute Gasteiger partial charge is 2.00 e. The molecule has 5 heteroatoms. The van der Waals surface area contributed by atoms with Crippen LogP contribution in [-0.2, 0) is 17.1 Å². The summed E-state index contributed by atoms with van der Waals surface area (Å²) >= 11 is 0. The van der Waals surface area contributed by atoms with Crippen molar-refractivity contribution in [3.05, 3.63) is 89.9 Å². The maximum absolute atomic E-state index is 5.83. The third kappa shape index (κ3) is 6.93. The van der Waals surface area contributed by atoms with Crippen LogP contribution >= 0.6 is 15.8 Å². The molecular formula is C28H30FeO2P2. The van der Waals surface area contributed by atoms with Crippen molar-refractivity contribution >= 4 is 32.2 Å². The number of hydrogen-bond donors (Lipinski definition) is 0. The molecule has 2 radical (unpaired) electrons. The first-order chi connectivity index (χ1) is 15.1. The fourth-order valence-electron chi connectivity index (χ4n) is 4.50. The predicted molar refractivity (Wildman–Crippen MR) is 136 cm³/mol. The maximum atomic E-state index is 5.83. The molecule has 0 unspecified atom stereocenters. The minimum atomic E-state index is -0.839. The Morgan fingerprint density at radius 2 is 1.52 bits per heavy atom. The van der Waals surface area contributed by atoms with E-state index in [0.29, 0.717) is 5.66 Å². The summed E-state index contributed by atoms with van der Waals surface area (Å²) in [7, 11) is -1.13. The van der Waals surface area contributed by atoms with Gasteiger partial charge in [-0.05, 0) is 42.5 Å². The van der Waals surface area contributed by atoms with E-state index in [4.69, 9.17) is 8.83 Å². The molecule has 0 aliphatic heterocycles. The van der Waals surface area contributed by atoms with Crippen molar-refractivity contribution < 1.29 is 25.9 Å². The van der Waals surface area contributed by atoms with Crippen LogP contribution in [0.4, 0.5) is 0 Å². The molecule has 0 N–H and O–H groups in total. The summed E-state index contributed by atoms with van der Waals surface area (Å²) in [6.07, 6.45) is 8.50. The van der Waals surface area contributed by atoms with Gasteiger partial charge in [0.2, 0.25) is 0 Å². The van der Waals surface area contributed by atoms with E-state index in [1.165, 1.54) is 10.9 Å². The molecule has 0 saturated carbocycles. The predicted octanol–water partition coefficient (Wildman–Crippen LogP) is 6.92. The Morgan fingerprint density at radius 1 is 0.939 bits per heavy atom. The van der Waals surface area contributed by atoms with Crippen molar-refractivity contribution in [1.82, 2.24) is 0 Å². The zero-order chi connectivity index (χ0) is 23.4. The molecule has 3 aromatic rings. The monoisotopic (exact) mass is 516 g/mol. The molecule has 1 aliphatic rings. The fourth-order valence-corrected chi connectivity index (χ4v) is 11.6. The Labute approximate surface area is 211 Å². The first-order valence-corrected chi connectivity index (χ1v) is 13.4. The van der Waals surface area contributed by atoms with E-state index in [1.807, 2.05) is 12.1 Å². The number of rotatable bonds is 5. The number of allylic oxidation sites excluding steroid dienone is 2. The third-order valence-electron chi connectivity index (χ3n) is 5.01. The fraction of sp³-hybridized carbons (Fsp3) is 0.357. The molecule has 0 amide bonds. The second-order valence-corrected chi connectivity index (χ2v) is 15.8. The van der Waals surface area contributed by atoms with Crippen molar-refractivity contribution in [3.8, 4) is 0 Å². The molecule has 1 aliphatic carbocycles. The van der Waals surface area contributed by atoms with Gasteiger partial charge < -0.3 is 8.83 Å². The second kappa shape index (κ2) is 11.7. The third-order valence-corrected chi connectivity index (χ3v) is 11.2. The molecule has 33 heavy (non-hydrogen) atoms. The molecule has 0 spiro atoms. The van der Waals surface area contributed by atoms with Crippen LogP contribution in [0, 0.1) is 18.2 Å². The van der Waals surface area contributed by atoms with E-state index in [-0.39, 0.29) is 35.3 Å². The Kier molecular flexibility index (Phi) is 9.77. The van der Waals surface area contributed by atoms with Gasteiger partial charge in [0.05, 0.1) is 12.5 Å². The molecule has 0 fully saturated rings. The van der Waals surface area contributed by atoms with E-state index in [0.717, 1.165) is 11.0 Å². The van der Waals surface area contributed by atoms with Crippen LogP contribution in [0.1, 0.15) is 59.7 Å². The number of furan rings is 2. The smallest absolute Gasteiger partial charge is 0.465 e. The first kappa shape index (κ1) is 27.6. The Morgan fingerprint density at radius 3 is 1.88 bits per heavy atom. The van der Waals surface area contributed by atoms with Crippen LogP contribution < -0.4 is 16.3 Å². The van der Waals surface area contributed by atoms with E-state index in [2.05, 4.69) is 108 Å². The topological polar surface area (TPSA) is 26.3 Å². The van der Waals surface area contributed by atoms with Crippen LogP contribution in [0.15, 0.2) is 75.0 Å². The minimum absolute atomic E-state index is 0. The van der Waals surface area contributed by atoms with Gasteiger partial charge in [-0.2, -0.15) is 29.1 Å². The molecule has 172 valence electrons. The van der Waals surface area contributed by atoms with Gasteiger partial charge in [0.1, 0.15) is 11.0 Å². The molecular weight excluding hydrogens is 486 g/mol. The summed E-state index contributed by atoms with van der Waals surface area (Å²) in [5.41, 5.74) is 11.2. The van der Waals surface area contributed by atoms with Crippen LogP contribution in [0.25, 0.3) is 0 Å². The number of hydrogen-bond acceptors (Lipinski definition) is 2. The summed E-state index contributed by atoms with van der Waals surface area (Å²) in [6.45, 7) is 16.7. The molecule has 2 aromatic heterocycles. The Hall–Kier alpha value is -1.63. The minimum Gasteiger partial charge on any atom is -0.465 e. The van der Waals surface area contributed by atoms with E-state index in [9.17, 15) is 0 Å². The van der Waals surface area contributed by atoms with Gasteiger partial charge in [0.25, 0.3) is 0 Å². The van der Waals surface area contributed by atoms with Gasteiger partial charge in [0, 0.05) is 0 Å². The summed E-state index contributed by atoms with van der Waals surface area (Å²) < 4.78 is 11.7. The summed E-state index contributed by atoms with van der Waals surface area (Å²) in [6, 6.07) is 15.9. The van der Waals surface area contributed by atoms with Crippen molar-refractivity contribution in [2.45, 2.75) is 64.4 Å². The summed E-state index contributed by atoms with van der Waals surface area (Å²) in [5, 5.41) is 1.82. The van der Waals surface area contributed by atoms with E-state index >= 15 is 0 Å². The molecule has 0 saturated heterocycles. The standard InChI is InChI=1S/C23H30O2P2.C5.Fe/c1-17(27(22(2,3)4)23(5,6)7)18-11-8-12-19(18)26(20-13-9-15-24-20)21-14-10-16-25-21;1-2-4-5-3-1;/h8-10,12-17H,1-7H3;;/q2*-1;+2/t17-;;/m0../s1. The van der Waals surface area contributed by atoms with Gasteiger partial charge in [0.15, 0.2) is 0 Å². The zero-order valence-electron chi connectivity index (χ0n) is 20.3. The van der Waals surface area contributed by atoms with Crippen LogP contribution in [0.2, 0.25) is 0 Å². The van der Waals surface area contributed by atoms with E-state index in [1.54, 1.807) is 12.5 Å². The van der Waals surface area contributed by atoms with Crippen molar-refractivity contribution in [3.63, 3.8) is 0 Å². The molecule has 0 bridgehead atoms. The van der Waals surface area contributed by atoms with Crippen molar-refractivity contribution in [1.29, 1.82) is 0 Å². The average molecular weight is 516 g/mol. The molecule has 1 atom stereocenters. The average Bonchev–Trinajstić information content (AvgIpc) is 3.48. The Balaban J connectivity index is 0.000000568. The zero-order valence-corrected chi connectivity index (χ0v) is 23.2. The molecule has 2 nitrogen and oxygen atoms in total. The SMILES string of the molecule is C[C@@H](c1[c][cH-]cc1P(c1ccco1)c1ccco1)P(C(C)(C)C)C(C)(C)C.[C]1=C=C=C=[C-]1.[Fe+2]. The molecule has 4 rings (SSSR count). The Bertz CT molecular complexity index is 1060. The molecule has 1 aromatic carbocycles. The van der Waals surface area contributed by atoms with Gasteiger partial charge >= 0.3 is 17.1 Å². The first-order valence-electron chi connectivity index (χ1n) is 10.7. The van der Waals surface area contributed by atoms with Crippen LogP contribution in [-0.4, -0.2) is 10.3 Å². The van der Waals surface area contributed by atoms with E-state index < -0.39 is 7.92 Å². The van der Waals surface area contributed by atoms with Crippen molar-refractivity contribution in [2.75, 3.05) is 0 Å². The summed E-state index contributed by atoms with van der Waals surface area (Å²) in [4.78, 5) is 0. The summed E-state index contributed by atoms with van der Waals surface area (Å²) in [5.74, 6) is 0. The van der Waals surface area contributed by atoms with Gasteiger partial charge in [-0.15, -0.1) is 20.1 Å². The second-order valence-electron chi connectivity index (χ2n) is 9.53. The van der Waals surface area contributed by atoms with Gasteiger partial charge in [-0.1, -0.05) is 54.1 Å². The van der Waals surface area contributed by atoms with Crippen LogP contribution in [0.5, 0.6) is 0 Å².